The van der Waals surface area contributed by atoms with Gasteiger partial charge in [0.25, 0.3) is 0 Å². The predicted octanol–water partition coefficient (Wildman–Crippen LogP) is 2.62. The summed E-state index contributed by atoms with van der Waals surface area (Å²) >= 11 is 0. The van der Waals surface area contributed by atoms with Crippen molar-refractivity contribution >= 4 is 24.8 Å². The van der Waals surface area contributed by atoms with Gasteiger partial charge in [-0.2, -0.15) is 0 Å². The Bertz CT molecular complexity index is 477. The number of halogens is 2. The van der Waals surface area contributed by atoms with Crippen LogP contribution in [0.5, 0.6) is 11.5 Å². The van der Waals surface area contributed by atoms with Gasteiger partial charge in [-0.05, 0) is 36.5 Å². The number of nitrogens with one attached hydrogen (secondary N) is 1. The fraction of sp³-hybridized carbons (Fsp3) is 0.600. The fourth-order valence-corrected chi connectivity index (χ4v) is 3.25. The van der Waals surface area contributed by atoms with Crippen molar-refractivity contribution in [3.8, 4) is 11.5 Å². The third-order valence-electron chi connectivity index (χ3n) is 4.35. The zero-order chi connectivity index (χ0) is 12.7. The third-order valence-corrected chi connectivity index (χ3v) is 4.35. The van der Waals surface area contributed by atoms with E-state index in [-0.39, 0.29) is 24.8 Å². The summed E-state index contributed by atoms with van der Waals surface area (Å²) in [5, 5.41) is 3.44. The van der Waals surface area contributed by atoms with Gasteiger partial charge in [0.1, 0.15) is 0 Å². The van der Waals surface area contributed by atoms with Crippen molar-refractivity contribution in [3.63, 3.8) is 0 Å². The Morgan fingerprint density at radius 1 is 1.05 bits per heavy atom. The topological polar surface area (TPSA) is 33.7 Å². The van der Waals surface area contributed by atoms with Crippen molar-refractivity contribution in [3.05, 3.63) is 23.8 Å². The Labute approximate surface area is 138 Å². The number of benzene rings is 1. The molecular formula is C15H22Cl2N2O2. The van der Waals surface area contributed by atoms with Crippen molar-refractivity contribution in [1.29, 1.82) is 0 Å². The van der Waals surface area contributed by atoms with Crippen LogP contribution in [0.4, 0.5) is 0 Å². The molecule has 0 bridgehead atoms. The van der Waals surface area contributed by atoms with Gasteiger partial charge in [0.05, 0.1) is 0 Å². The standard InChI is InChI=1S/C15H20N2O2.2ClH/c1-2-11(1)15(17-7-5-16-6-8-17)12-3-4-13-14(9-12)19-10-18-13;;/h3-4,9,11,15-16H,1-2,5-8,10H2;2*1H/t15-;;/m1../s1. The molecule has 1 aliphatic carbocycles. The molecule has 21 heavy (non-hydrogen) atoms. The maximum atomic E-state index is 5.52. The molecule has 1 N–H and O–H groups in total. The first-order valence-electron chi connectivity index (χ1n) is 7.26. The van der Waals surface area contributed by atoms with Gasteiger partial charge in [-0.15, -0.1) is 24.8 Å². The average Bonchev–Trinajstić information content (AvgIpc) is 3.17. The van der Waals surface area contributed by atoms with E-state index in [1.54, 1.807) is 0 Å². The van der Waals surface area contributed by atoms with Crippen LogP contribution < -0.4 is 14.8 Å². The molecule has 118 valence electrons. The molecule has 4 rings (SSSR count). The van der Waals surface area contributed by atoms with Gasteiger partial charge < -0.3 is 14.8 Å². The van der Waals surface area contributed by atoms with Crippen LogP contribution in [0.1, 0.15) is 24.4 Å². The molecule has 0 aromatic heterocycles. The Morgan fingerprint density at radius 3 is 2.48 bits per heavy atom. The molecule has 0 spiro atoms. The van der Waals surface area contributed by atoms with Gasteiger partial charge >= 0.3 is 0 Å². The van der Waals surface area contributed by atoms with Crippen LogP contribution in [-0.4, -0.2) is 37.9 Å². The Hall–Kier alpha value is -0.680. The van der Waals surface area contributed by atoms with E-state index in [1.165, 1.54) is 18.4 Å². The van der Waals surface area contributed by atoms with Crippen LogP contribution >= 0.6 is 24.8 Å². The highest BCUT2D eigenvalue weighted by molar-refractivity contribution is 5.85. The highest BCUT2D eigenvalue weighted by Gasteiger charge is 2.37. The van der Waals surface area contributed by atoms with E-state index in [0.29, 0.717) is 12.8 Å². The largest absolute Gasteiger partial charge is 0.454 e. The van der Waals surface area contributed by atoms with Crippen LogP contribution in [0.25, 0.3) is 0 Å². The summed E-state index contributed by atoms with van der Waals surface area (Å²) in [6.07, 6.45) is 2.73. The molecule has 2 aliphatic heterocycles. The van der Waals surface area contributed by atoms with Gasteiger partial charge in [0, 0.05) is 32.2 Å². The van der Waals surface area contributed by atoms with E-state index < -0.39 is 0 Å². The molecule has 4 nitrogen and oxygen atoms in total. The van der Waals surface area contributed by atoms with E-state index >= 15 is 0 Å². The lowest BCUT2D eigenvalue weighted by Gasteiger charge is -2.35. The smallest absolute Gasteiger partial charge is 0.231 e. The van der Waals surface area contributed by atoms with Crippen LogP contribution in [-0.2, 0) is 0 Å². The minimum absolute atomic E-state index is 0. The molecular weight excluding hydrogens is 311 g/mol. The number of ether oxygens (including phenoxy) is 2. The van der Waals surface area contributed by atoms with Crippen LogP contribution in [0, 0.1) is 5.92 Å². The molecule has 6 heteroatoms. The SMILES string of the molecule is Cl.Cl.c1cc2c(cc1[C@@H](C1CC1)N1CCNCC1)OCO2. The normalized spacial score (nSPS) is 22.1. The Balaban J connectivity index is 0.000000807. The highest BCUT2D eigenvalue weighted by atomic mass is 35.5. The van der Waals surface area contributed by atoms with Gasteiger partial charge in [0.15, 0.2) is 11.5 Å². The number of piperazine rings is 1. The number of nitrogens with zero attached hydrogens (tertiary/aromatic N) is 1. The maximum absolute atomic E-state index is 5.52. The van der Waals surface area contributed by atoms with Crippen molar-refractivity contribution in [1.82, 2.24) is 10.2 Å². The zero-order valence-corrected chi connectivity index (χ0v) is 13.5. The number of hydrogen-bond donors (Lipinski definition) is 1. The molecule has 0 radical (unpaired) electrons. The summed E-state index contributed by atoms with van der Waals surface area (Å²) in [4.78, 5) is 2.63. The first-order valence-corrected chi connectivity index (χ1v) is 7.26. The molecule has 1 atom stereocenters. The molecule has 0 amide bonds. The zero-order valence-electron chi connectivity index (χ0n) is 11.9. The monoisotopic (exact) mass is 332 g/mol. The second-order valence-electron chi connectivity index (χ2n) is 5.68. The molecule has 2 heterocycles. The lowest BCUT2D eigenvalue weighted by Crippen LogP contribution is -2.45. The van der Waals surface area contributed by atoms with E-state index in [0.717, 1.165) is 43.6 Å². The molecule has 3 aliphatic rings. The number of fused-ring (bicyclic) bond motifs is 1. The number of rotatable bonds is 3. The summed E-state index contributed by atoms with van der Waals surface area (Å²) in [6, 6.07) is 7.04. The summed E-state index contributed by atoms with van der Waals surface area (Å²) < 4.78 is 10.9. The minimum atomic E-state index is 0. The lowest BCUT2D eigenvalue weighted by atomic mass is 9.99. The van der Waals surface area contributed by atoms with E-state index in [2.05, 4.69) is 28.4 Å². The predicted molar refractivity (Wildman–Crippen MR) is 87.0 cm³/mol. The first-order chi connectivity index (χ1) is 9.42. The summed E-state index contributed by atoms with van der Waals surface area (Å²) in [7, 11) is 0. The van der Waals surface area contributed by atoms with Crippen molar-refractivity contribution in [2.24, 2.45) is 5.92 Å². The quantitative estimate of drug-likeness (QED) is 0.922. The Morgan fingerprint density at radius 2 is 1.76 bits per heavy atom. The van der Waals surface area contributed by atoms with E-state index in [4.69, 9.17) is 9.47 Å². The van der Waals surface area contributed by atoms with Crippen LogP contribution in [0.3, 0.4) is 0 Å². The molecule has 2 fully saturated rings. The third kappa shape index (κ3) is 3.39. The number of hydrogen-bond acceptors (Lipinski definition) is 4. The first kappa shape index (κ1) is 16.7. The summed E-state index contributed by atoms with van der Waals surface area (Å²) in [5.74, 6) is 2.63. The Kier molecular flexibility index (Phi) is 5.60. The minimum Gasteiger partial charge on any atom is -0.454 e. The van der Waals surface area contributed by atoms with Gasteiger partial charge in [-0.1, -0.05) is 6.07 Å². The van der Waals surface area contributed by atoms with Gasteiger partial charge in [0.2, 0.25) is 6.79 Å². The molecule has 0 unspecified atom stereocenters. The second-order valence-corrected chi connectivity index (χ2v) is 5.68. The molecule has 1 aromatic rings. The van der Waals surface area contributed by atoms with E-state index in [1.807, 2.05) is 0 Å². The average molecular weight is 333 g/mol. The van der Waals surface area contributed by atoms with Crippen LogP contribution in [0.15, 0.2) is 18.2 Å². The van der Waals surface area contributed by atoms with Gasteiger partial charge in [-0.25, -0.2) is 0 Å². The lowest BCUT2D eigenvalue weighted by molar-refractivity contribution is 0.155. The molecule has 1 saturated carbocycles. The van der Waals surface area contributed by atoms with Crippen molar-refractivity contribution < 1.29 is 9.47 Å². The molecule has 1 aromatic carbocycles. The highest BCUT2D eigenvalue weighted by Crippen LogP contribution is 2.46. The summed E-state index contributed by atoms with van der Waals surface area (Å²) in [6.45, 7) is 4.87. The van der Waals surface area contributed by atoms with Crippen molar-refractivity contribution in [2.75, 3.05) is 33.0 Å². The van der Waals surface area contributed by atoms with Crippen molar-refractivity contribution in [2.45, 2.75) is 18.9 Å². The van der Waals surface area contributed by atoms with E-state index in [9.17, 15) is 0 Å². The molecule has 1 saturated heterocycles. The second kappa shape index (κ2) is 7.05. The summed E-state index contributed by atoms with van der Waals surface area (Å²) in [5.41, 5.74) is 1.40. The fourth-order valence-electron chi connectivity index (χ4n) is 3.25. The maximum Gasteiger partial charge on any atom is 0.231 e. The van der Waals surface area contributed by atoms with Crippen LogP contribution in [0.2, 0.25) is 0 Å². The van der Waals surface area contributed by atoms with Gasteiger partial charge in [-0.3, -0.25) is 4.90 Å².